The van der Waals surface area contributed by atoms with Crippen molar-refractivity contribution in [3.05, 3.63) is 29.5 Å². The highest BCUT2D eigenvalue weighted by atomic mass is 16.5. The van der Waals surface area contributed by atoms with E-state index in [-0.39, 0.29) is 0 Å². The van der Waals surface area contributed by atoms with E-state index in [9.17, 15) is 0 Å². The van der Waals surface area contributed by atoms with Gasteiger partial charge in [0.1, 0.15) is 5.75 Å². The number of benzene rings is 1. The molecule has 0 unspecified atom stereocenters. The predicted molar refractivity (Wildman–Crippen MR) is 87.4 cm³/mol. The summed E-state index contributed by atoms with van der Waals surface area (Å²) in [5.41, 5.74) is 4.09. The van der Waals surface area contributed by atoms with Crippen molar-refractivity contribution in [3.8, 4) is 5.75 Å². The number of H-pyrrole nitrogens is 1. The lowest BCUT2D eigenvalue weighted by Crippen LogP contribution is -2.37. The molecule has 22 heavy (non-hydrogen) atoms. The number of hydrogen-bond donors (Lipinski definition) is 1. The molecule has 1 saturated heterocycles. The second kappa shape index (κ2) is 5.94. The van der Waals surface area contributed by atoms with Gasteiger partial charge in [0.05, 0.1) is 13.7 Å². The third-order valence-electron chi connectivity index (χ3n) is 5.03. The maximum Gasteiger partial charge on any atom is 0.119 e. The van der Waals surface area contributed by atoms with Crippen molar-refractivity contribution in [2.45, 2.75) is 25.8 Å². The summed E-state index contributed by atoms with van der Waals surface area (Å²) in [5, 5.41) is 1.32. The molecule has 2 aromatic rings. The Labute approximate surface area is 131 Å². The summed E-state index contributed by atoms with van der Waals surface area (Å²) < 4.78 is 11.0. The maximum atomic E-state index is 5.63. The van der Waals surface area contributed by atoms with Gasteiger partial charge in [-0.3, -0.25) is 4.90 Å². The van der Waals surface area contributed by atoms with Gasteiger partial charge in [-0.2, -0.15) is 0 Å². The Morgan fingerprint density at radius 3 is 3.18 bits per heavy atom. The molecule has 4 heteroatoms. The van der Waals surface area contributed by atoms with Crippen molar-refractivity contribution in [3.63, 3.8) is 0 Å². The molecule has 4 rings (SSSR count). The van der Waals surface area contributed by atoms with Gasteiger partial charge in [0.15, 0.2) is 0 Å². The Balaban J connectivity index is 1.56. The molecule has 2 aliphatic rings. The fourth-order valence-electron chi connectivity index (χ4n) is 3.85. The van der Waals surface area contributed by atoms with Crippen molar-refractivity contribution < 1.29 is 9.47 Å². The van der Waals surface area contributed by atoms with Crippen LogP contribution in [0.25, 0.3) is 10.9 Å². The van der Waals surface area contributed by atoms with E-state index in [1.165, 1.54) is 35.0 Å². The Morgan fingerprint density at radius 2 is 2.36 bits per heavy atom. The summed E-state index contributed by atoms with van der Waals surface area (Å²) in [5.74, 6) is 1.64. The first kappa shape index (κ1) is 14.1. The van der Waals surface area contributed by atoms with Crippen LogP contribution in [0.3, 0.4) is 0 Å². The van der Waals surface area contributed by atoms with Crippen LogP contribution in [0.5, 0.6) is 5.75 Å². The number of ether oxygens (including phenoxy) is 2. The first-order chi connectivity index (χ1) is 10.8. The second-order valence-corrected chi connectivity index (χ2v) is 6.56. The zero-order valence-corrected chi connectivity index (χ0v) is 13.2. The van der Waals surface area contributed by atoms with Crippen LogP contribution in [-0.2, 0) is 17.7 Å². The van der Waals surface area contributed by atoms with Crippen LogP contribution in [0.2, 0.25) is 0 Å². The summed E-state index contributed by atoms with van der Waals surface area (Å²) in [6, 6.07) is 6.32. The van der Waals surface area contributed by atoms with E-state index in [4.69, 9.17) is 9.47 Å². The Morgan fingerprint density at radius 1 is 1.41 bits per heavy atom. The number of fused-ring (bicyclic) bond motifs is 3. The lowest BCUT2D eigenvalue weighted by atomic mass is 9.99. The Kier molecular flexibility index (Phi) is 3.80. The van der Waals surface area contributed by atoms with Crippen LogP contribution < -0.4 is 4.74 Å². The minimum absolute atomic E-state index is 0.704. The van der Waals surface area contributed by atoms with Gasteiger partial charge in [-0.05, 0) is 42.5 Å². The molecular formula is C18H24N2O2. The number of rotatable bonds is 3. The first-order valence-corrected chi connectivity index (χ1v) is 8.31. The Hall–Kier alpha value is -1.52. The van der Waals surface area contributed by atoms with E-state index < -0.39 is 0 Å². The number of hydrogen-bond acceptors (Lipinski definition) is 3. The van der Waals surface area contributed by atoms with Gasteiger partial charge in [-0.15, -0.1) is 0 Å². The van der Waals surface area contributed by atoms with Crippen LogP contribution in [0.4, 0.5) is 0 Å². The molecule has 0 aliphatic carbocycles. The smallest absolute Gasteiger partial charge is 0.119 e. The topological polar surface area (TPSA) is 37.5 Å². The second-order valence-electron chi connectivity index (χ2n) is 6.56. The lowest BCUT2D eigenvalue weighted by Gasteiger charge is -2.32. The van der Waals surface area contributed by atoms with Crippen molar-refractivity contribution in [2.75, 3.05) is 33.4 Å². The fraction of sp³-hybridized carbons (Fsp3) is 0.556. The van der Waals surface area contributed by atoms with Gasteiger partial charge >= 0.3 is 0 Å². The molecule has 0 spiro atoms. The third-order valence-corrected chi connectivity index (χ3v) is 5.03. The summed E-state index contributed by atoms with van der Waals surface area (Å²) in [6.07, 6.45) is 3.64. The number of nitrogens with zero attached hydrogens (tertiary/aromatic N) is 1. The quantitative estimate of drug-likeness (QED) is 0.947. The van der Waals surface area contributed by atoms with Gasteiger partial charge in [-0.25, -0.2) is 0 Å². The molecule has 1 atom stereocenters. The van der Waals surface area contributed by atoms with E-state index >= 15 is 0 Å². The van der Waals surface area contributed by atoms with E-state index in [1.807, 2.05) is 6.07 Å². The SMILES string of the molecule is COc1ccc2[nH]c3c(c2c1)CN(C[C@H]1CCCOC1)CC3. The van der Waals surface area contributed by atoms with Gasteiger partial charge in [0.25, 0.3) is 0 Å². The largest absolute Gasteiger partial charge is 0.497 e. The maximum absolute atomic E-state index is 5.63. The standard InChI is InChI=1S/C18H24N2O2/c1-21-14-4-5-17-15(9-14)16-11-20(7-6-18(16)19-17)10-13-3-2-8-22-12-13/h4-5,9,13,19H,2-3,6-8,10-12H2,1H3/t13-/m1/s1. The predicted octanol–water partition coefficient (Wildman–Crippen LogP) is 2.96. The van der Waals surface area contributed by atoms with E-state index in [0.29, 0.717) is 5.92 Å². The van der Waals surface area contributed by atoms with Crippen LogP contribution >= 0.6 is 0 Å². The summed E-state index contributed by atoms with van der Waals surface area (Å²) in [6.45, 7) is 5.23. The van der Waals surface area contributed by atoms with Gasteiger partial charge in [-0.1, -0.05) is 0 Å². The normalized spacial score (nSPS) is 22.7. The Bertz CT molecular complexity index is 658. The zero-order chi connectivity index (χ0) is 14.9. The highest BCUT2D eigenvalue weighted by Gasteiger charge is 2.24. The van der Waals surface area contributed by atoms with Crippen LogP contribution in [0, 0.1) is 5.92 Å². The van der Waals surface area contributed by atoms with Crippen molar-refractivity contribution in [2.24, 2.45) is 5.92 Å². The number of aromatic amines is 1. The molecule has 2 aliphatic heterocycles. The molecule has 0 bridgehead atoms. The van der Waals surface area contributed by atoms with Crippen molar-refractivity contribution in [1.29, 1.82) is 0 Å². The molecule has 0 amide bonds. The molecule has 1 N–H and O–H groups in total. The lowest BCUT2D eigenvalue weighted by molar-refractivity contribution is 0.0364. The molecule has 118 valence electrons. The number of aromatic nitrogens is 1. The van der Waals surface area contributed by atoms with Crippen LogP contribution in [-0.4, -0.2) is 43.3 Å². The van der Waals surface area contributed by atoms with Crippen molar-refractivity contribution in [1.82, 2.24) is 9.88 Å². The molecule has 0 radical (unpaired) electrons. The number of methoxy groups -OCH3 is 1. The highest BCUT2D eigenvalue weighted by Crippen LogP contribution is 2.31. The molecule has 0 saturated carbocycles. The monoisotopic (exact) mass is 300 g/mol. The highest BCUT2D eigenvalue weighted by molar-refractivity contribution is 5.86. The average molecular weight is 300 g/mol. The van der Waals surface area contributed by atoms with Gasteiger partial charge < -0.3 is 14.5 Å². The molecule has 1 aromatic heterocycles. The molecule has 1 aromatic carbocycles. The average Bonchev–Trinajstić information content (AvgIpc) is 2.93. The molecule has 4 nitrogen and oxygen atoms in total. The molecule has 3 heterocycles. The molecular weight excluding hydrogens is 276 g/mol. The minimum Gasteiger partial charge on any atom is -0.497 e. The van der Waals surface area contributed by atoms with Gasteiger partial charge in [0.2, 0.25) is 0 Å². The summed E-state index contributed by atoms with van der Waals surface area (Å²) in [7, 11) is 1.73. The summed E-state index contributed by atoms with van der Waals surface area (Å²) >= 11 is 0. The van der Waals surface area contributed by atoms with E-state index in [0.717, 1.165) is 45.0 Å². The number of nitrogens with one attached hydrogen (secondary N) is 1. The minimum atomic E-state index is 0.704. The fourth-order valence-corrected chi connectivity index (χ4v) is 3.85. The van der Waals surface area contributed by atoms with Gasteiger partial charge in [0, 0.05) is 49.3 Å². The zero-order valence-electron chi connectivity index (χ0n) is 13.2. The van der Waals surface area contributed by atoms with E-state index in [2.05, 4.69) is 22.0 Å². The van der Waals surface area contributed by atoms with Crippen molar-refractivity contribution >= 4 is 10.9 Å². The summed E-state index contributed by atoms with van der Waals surface area (Å²) in [4.78, 5) is 6.18. The van der Waals surface area contributed by atoms with E-state index in [1.54, 1.807) is 7.11 Å². The molecule has 1 fully saturated rings. The first-order valence-electron chi connectivity index (χ1n) is 8.31. The third kappa shape index (κ3) is 2.61. The van der Waals surface area contributed by atoms with Crippen LogP contribution in [0.15, 0.2) is 18.2 Å². The van der Waals surface area contributed by atoms with Crippen LogP contribution in [0.1, 0.15) is 24.1 Å².